The molecule has 1 atom stereocenters. The van der Waals surface area contributed by atoms with Crippen LogP contribution in [-0.4, -0.2) is 34.0 Å². The number of aromatic hydroxyl groups is 1. The maximum Gasteiger partial charge on any atom is 0.301 e. The number of fused-ring (bicyclic) bond motifs is 1. The average Bonchev–Trinajstić information content (AvgIpc) is 3.41. The zero-order valence-electron chi connectivity index (χ0n) is 21.5. The number of aliphatic hydroxyl groups is 1. The first-order chi connectivity index (χ1) is 18.4. The smallest absolute Gasteiger partial charge is 0.301 e. The molecule has 5 rings (SSSR count). The predicted octanol–water partition coefficient (Wildman–Crippen LogP) is 6.21. The highest BCUT2D eigenvalue weighted by atomic mass is 32.1. The van der Waals surface area contributed by atoms with Crippen molar-refractivity contribution in [2.75, 3.05) is 12.0 Å². The highest BCUT2D eigenvalue weighted by Crippen LogP contribution is 2.45. The molecule has 1 aromatic heterocycles. The van der Waals surface area contributed by atoms with E-state index in [-0.39, 0.29) is 32.1 Å². The summed E-state index contributed by atoms with van der Waals surface area (Å²) < 4.78 is 33.9. The van der Waals surface area contributed by atoms with Crippen molar-refractivity contribution in [2.24, 2.45) is 0 Å². The molecule has 1 unspecified atom stereocenters. The summed E-state index contributed by atoms with van der Waals surface area (Å²) in [6.45, 7) is 5.91. The van der Waals surface area contributed by atoms with Gasteiger partial charge >= 0.3 is 5.91 Å². The SMILES string of the molecule is COc1ccc(/C(O)=C2\C(=O)C(=O)N(c3nc4c(F)cc(F)cc4s3)C2c2ccc(O)cc2)cc1C(C)(C)C. The molecule has 0 radical (unpaired) electrons. The molecule has 39 heavy (non-hydrogen) atoms. The molecule has 4 aromatic rings. The van der Waals surface area contributed by atoms with E-state index in [1.807, 2.05) is 20.8 Å². The summed E-state index contributed by atoms with van der Waals surface area (Å²) in [6.07, 6.45) is 0. The normalized spacial score (nSPS) is 17.3. The van der Waals surface area contributed by atoms with Gasteiger partial charge in [0, 0.05) is 17.2 Å². The van der Waals surface area contributed by atoms with Crippen molar-refractivity contribution in [1.82, 2.24) is 4.98 Å². The second-order valence-corrected chi connectivity index (χ2v) is 11.2. The van der Waals surface area contributed by atoms with Gasteiger partial charge in [-0.05, 0) is 47.4 Å². The number of benzene rings is 3. The number of carbonyl (C=O) groups is 2. The molecule has 2 N–H and O–H groups in total. The Morgan fingerprint density at radius 1 is 1.05 bits per heavy atom. The Balaban J connectivity index is 1.74. The summed E-state index contributed by atoms with van der Waals surface area (Å²) in [5.41, 5.74) is 0.733. The van der Waals surface area contributed by atoms with Crippen LogP contribution in [0.3, 0.4) is 0 Å². The van der Waals surface area contributed by atoms with Gasteiger partial charge in [-0.15, -0.1) is 0 Å². The Labute approximate surface area is 226 Å². The summed E-state index contributed by atoms with van der Waals surface area (Å²) in [5, 5.41) is 21.3. The molecule has 1 aliphatic heterocycles. The zero-order valence-corrected chi connectivity index (χ0v) is 22.3. The first-order valence-electron chi connectivity index (χ1n) is 11.9. The number of amides is 1. The van der Waals surface area contributed by atoms with Gasteiger partial charge in [-0.2, -0.15) is 0 Å². The molecule has 3 aromatic carbocycles. The number of phenolic OH excluding ortho intramolecular Hbond substituents is 1. The molecule has 10 heteroatoms. The quantitative estimate of drug-likeness (QED) is 0.178. The minimum atomic E-state index is -1.15. The lowest BCUT2D eigenvalue weighted by molar-refractivity contribution is -0.132. The van der Waals surface area contributed by atoms with E-state index in [4.69, 9.17) is 4.74 Å². The number of ether oxygens (including phenoxy) is 1. The molecule has 0 bridgehead atoms. The van der Waals surface area contributed by atoms with Crippen molar-refractivity contribution in [3.8, 4) is 11.5 Å². The number of phenols is 1. The van der Waals surface area contributed by atoms with Gasteiger partial charge in [0.2, 0.25) is 0 Å². The van der Waals surface area contributed by atoms with Gasteiger partial charge in [0.05, 0.1) is 23.4 Å². The number of rotatable bonds is 4. The third-order valence-corrected chi connectivity index (χ3v) is 7.54. The first kappa shape index (κ1) is 26.3. The first-order valence-corrected chi connectivity index (χ1v) is 12.8. The maximum atomic E-state index is 14.5. The number of aromatic nitrogens is 1. The summed E-state index contributed by atoms with van der Waals surface area (Å²) >= 11 is 0.842. The van der Waals surface area contributed by atoms with Crippen LogP contribution < -0.4 is 9.64 Å². The Hall–Kier alpha value is -4.31. The molecule has 1 fully saturated rings. The van der Waals surface area contributed by atoms with Crippen molar-refractivity contribution in [1.29, 1.82) is 0 Å². The molecule has 0 spiro atoms. The van der Waals surface area contributed by atoms with Crippen molar-refractivity contribution in [2.45, 2.75) is 32.2 Å². The van der Waals surface area contributed by atoms with E-state index in [0.29, 0.717) is 22.9 Å². The van der Waals surface area contributed by atoms with Crippen molar-refractivity contribution >= 4 is 44.1 Å². The Kier molecular flexibility index (Phi) is 6.38. The molecule has 2 heterocycles. The lowest BCUT2D eigenvalue weighted by Crippen LogP contribution is -2.29. The van der Waals surface area contributed by atoms with E-state index in [0.717, 1.165) is 27.9 Å². The number of methoxy groups -OCH3 is 1. The van der Waals surface area contributed by atoms with Crippen LogP contribution in [0.15, 0.2) is 60.2 Å². The van der Waals surface area contributed by atoms with Gasteiger partial charge < -0.3 is 14.9 Å². The average molecular weight is 551 g/mol. The van der Waals surface area contributed by atoms with Crippen LogP contribution in [0.4, 0.5) is 13.9 Å². The van der Waals surface area contributed by atoms with E-state index >= 15 is 0 Å². The number of thiazole rings is 1. The van der Waals surface area contributed by atoms with Gasteiger partial charge in [0.1, 0.15) is 28.6 Å². The Morgan fingerprint density at radius 2 is 1.74 bits per heavy atom. The molecular weight excluding hydrogens is 526 g/mol. The largest absolute Gasteiger partial charge is 0.508 e. The van der Waals surface area contributed by atoms with Gasteiger partial charge in [-0.3, -0.25) is 14.5 Å². The monoisotopic (exact) mass is 550 g/mol. The number of Topliss-reactive ketones (excluding diaryl/α,β-unsaturated/α-hetero) is 1. The predicted molar refractivity (Wildman–Crippen MR) is 144 cm³/mol. The van der Waals surface area contributed by atoms with Crippen LogP contribution in [0, 0.1) is 11.6 Å². The second-order valence-electron chi connectivity index (χ2n) is 10.2. The topological polar surface area (TPSA) is 100.0 Å². The van der Waals surface area contributed by atoms with E-state index in [9.17, 15) is 28.6 Å². The zero-order chi connectivity index (χ0) is 28.2. The van der Waals surface area contributed by atoms with Crippen molar-refractivity contribution < 1.29 is 33.3 Å². The van der Waals surface area contributed by atoms with Gasteiger partial charge in [0.15, 0.2) is 10.9 Å². The lowest BCUT2D eigenvalue weighted by Gasteiger charge is -2.24. The van der Waals surface area contributed by atoms with Crippen LogP contribution in [0.2, 0.25) is 0 Å². The van der Waals surface area contributed by atoms with Crippen LogP contribution in [0.25, 0.3) is 16.0 Å². The van der Waals surface area contributed by atoms with Crippen LogP contribution in [0.1, 0.15) is 43.5 Å². The summed E-state index contributed by atoms with van der Waals surface area (Å²) in [4.78, 5) is 32.1. The second kappa shape index (κ2) is 9.46. The fourth-order valence-corrected chi connectivity index (χ4v) is 5.68. The number of ketones is 1. The molecule has 1 aliphatic rings. The number of hydrogen-bond acceptors (Lipinski definition) is 7. The number of aliphatic hydroxyl groups excluding tert-OH is 1. The minimum absolute atomic E-state index is 0.0427. The van der Waals surface area contributed by atoms with Gasteiger partial charge in [-0.25, -0.2) is 13.8 Å². The Bertz CT molecular complexity index is 1670. The van der Waals surface area contributed by atoms with E-state index < -0.39 is 35.1 Å². The third-order valence-electron chi connectivity index (χ3n) is 6.54. The Morgan fingerprint density at radius 3 is 2.38 bits per heavy atom. The van der Waals surface area contributed by atoms with E-state index in [1.54, 1.807) is 18.2 Å². The number of hydrogen-bond donors (Lipinski definition) is 2. The van der Waals surface area contributed by atoms with Crippen LogP contribution in [-0.2, 0) is 15.0 Å². The standard InChI is InChI=1S/C29H24F2N2O5S/c1-29(2,3)18-11-15(7-10-20(18)38-4)25(35)22-24(14-5-8-17(34)9-6-14)33(27(37)26(22)36)28-32-23-19(31)12-16(30)13-21(23)39-28/h5-13,24,34-35H,1-4H3/b25-22+. The third kappa shape index (κ3) is 4.50. The lowest BCUT2D eigenvalue weighted by atomic mass is 9.84. The molecule has 1 saturated heterocycles. The molecule has 0 saturated carbocycles. The number of nitrogens with zero attached hydrogens (tertiary/aromatic N) is 2. The minimum Gasteiger partial charge on any atom is -0.508 e. The van der Waals surface area contributed by atoms with Gasteiger partial charge in [0.25, 0.3) is 5.78 Å². The van der Waals surface area contributed by atoms with Gasteiger partial charge in [-0.1, -0.05) is 44.2 Å². The fourth-order valence-electron chi connectivity index (χ4n) is 4.65. The number of carbonyl (C=O) groups excluding carboxylic acids is 2. The van der Waals surface area contributed by atoms with E-state index in [2.05, 4.69) is 4.98 Å². The highest BCUT2D eigenvalue weighted by molar-refractivity contribution is 7.22. The van der Waals surface area contributed by atoms with E-state index in [1.165, 1.54) is 31.4 Å². The summed E-state index contributed by atoms with van der Waals surface area (Å²) in [6, 6.07) is 11.4. The molecule has 1 amide bonds. The number of halogens is 2. The van der Waals surface area contributed by atoms with Crippen molar-refractivity contribution in [3.63, 3.8) is 0 Å². The van der Waals surface area contributed by atoms with Crippen LogP contribution in [0.5, 0.6) is 11.5 Å². The highest BCUT2D eigenvalue weighted by Gasteiger charge is 2.48. The van der Waals surface area contributed by atoms with Crippen LogP contribution >= 0.6 is 11.3 Å². The maximum absolute atomic E-state index is 14.5. The molecule has 0 aliphatic carbocycles. The molecular formula is C29H24F2N2O5S. The molecule has 200 valence electrons. The number of anilines is 1. The van der Waals surface area contributed by atoms with Crippen molar-refractivity contribution in [3.05, 3.63) is 88.5 Å². The molecule has 7 nitrogen and oxygen atoms in total. The summed E-state index contributed by atoms with van der Waals surface area (Å²) in [7, 11) is 1.53. The fraction of sp³-hybridized carbons (Fsp3) is 0.207. The summed E-state index contributed by atoms with van der Waals surface area (Å²) in [5.74, 6) is -3.53.